The van der Waals surface area contributed by atoms with Crippen LogP contribution in [0.4, 0.5) is 4.39 Å². The zero-order valence-electron chi connectivity index (χ0n) is 7.04. The van der Waals surface area contributed by atoms with Gasteiger partial charge in [0.1, 0.15) is 5.83 Å². The molecule has 4 heteroatoms. The van der Waals surface area contributed by atoms with Crippen molar-refractivity contribution in [2.75, 3.05) is 6.26 Å². The van der Waals surface area contributed by atoms with E-state index in [1.165, 1.54) is 13.0 Å². The quantitative estimate of drug-likeness (QED) is 0.638. The summed E-state index contributed by atoms with van der Waals surface area (Å²) in [5.74, 6) is -0.588. The second-order valence-electron chi connectivity index (χ2n) is 2.20. The van der Waals surface area contributed by atoms with E-state index < -0.39 is 15.7 Å². The van der Waals surface area contributed by atoms with Crippen molar-refractivity contribution in [3.8, 4) is 0 Å². The van der Waals surface area contributed by atoms with E-state index in [-0.39, 0.29) is 4.91 Å². The first-order chi connectivity index (χ1) is 5.41. The van der Waals surface area contributed by atoms with Gasteiger partial charge >= 0.3 is 0 Å². The second-order valence-corrected chi connectivity index (χ2v) is 4.21. The van der Waals surface area contributed by atoms with Gasteiger partial charge in [-0.15, -0.1) is 0 Å². The van der Waals surface area contributed by atoms with Gasteiger partial charge < -0.3 is 0 Å². The Labute approximate surface area is 72.0 Å². The van der Waals surface area contributed by atoms with Crippen LogP contribution in [-0.4, -0.2) is 14.7 Å². The summed E-state index contributed by atoms with van der Waals surface area (Å²) in [6.07, 6.45) is 4.22. The topological polar surface area (TPSA) is 34.1 Å². The molecule has 0 spiro atoms. The lowest BCUT2D eigenvalue weighted by atomic mass is 10.4. The maximum Gasteiger partial charge on any atom is 0.175 e. The zero-order chi connectivity index (χ0) is 9.78. The second kappa shape index (κ2) is 4.21. The van der Waals surface area contributed by atoms with E-state index in [2.05, 4.69) is 6.58 Å². The zero-order valence-corrected chi connectivity index (χ0v) is 7.86. The minimum absolute atomic E-state index is 0.113. The van der Waals surface area contributed by atoms with Crippen LogP contribution < -0.4 is 0 Å². The van der Waals surface area contributed by atoms with Crippen molar-refractivity contribution in [2.45, 2.75) is 6.92 Å². The largest absolute Gasteiger partial charge is 0.224 e. The molecule has 0 saturated carbocycles. The smallest absolute Gasteiger partial charge is 0.175 e. The summed E-state index contributed by atoms with van der Waals surface area (Å²) < 4.78 is 34.3. The van der Waals surface area contributed by atoms with Crippen LogP contribution in [0, 0.1) is 0 Å². The molecule has 0 rings (SSSR count). The molecule has 0 N–H and O–H groups in total. The van der Waals surface area contributed by atoms with Crippen molar-refractivity contribution in [1.29, 1.82) is 0 Å². The molecule has 0 radical (unpaired) electrons. The number of allylic oxidation sites excluding steroid dienone is 4. The first-order valence-electron chi connectivity index (χ1n) is 3.27. The van der Waals surface area contributed by atoms with E-state index in [1.54, 1.807) is 0 Å². The third-order valence-corrected chi connectivity index (χ3v) is 2.33. The molecule has 68 valence electrons. The van der Waals surface area contributed by atoms with Gasteiger partial charge in [-0.25, -0.2) is 12.8 Å². The van der Waals surface area contributed by atoms with Crippen LogP contribution in [0.15, 0.2) is 35.5 Å². The highest BCUT2D eigenvalue weighted by atomic mass is 32.2. The van der Waals surface area contributed by atoms with Gasteiger partial charge in [0.2, 0.25) is 0 Å². The highest BCUT2D eigenvalue weighted by Gasteiger charge is 2.06. The molecule has 0 saturated heterocycles. The van der Waals surface area contributed by atoms with Crippen molar-refractivity contribution >= 4 is 9.84 Å². The van der Waals surface area contributed by atoms with Crippen LogP contribution in [0.2, 0.25) is 0 Å². The maximum absolute atomic E-state index is 12.6. The SMILES string of the molecule is C=C/C(=C\C(F)=C/C)S(C)(=O)=O. The van der Waals surface area contributed by atoms with Gasteiger partial charge in [0.15, 0.2) is 9.84 Å². The van der Waals surface area contributed by atoms with Crippen LogP contribution in [-0.2, 0) is 9.84 Å². The first-order valence-corrected chi connectivity index (χ1v) is 5.17. The van der Waals surface area contributed by atoms with Crippen LogP contribution >= 0.6 is 0 Å². The standard InChI is InChI=1S/C8H11FO2S/c1-4-7(9)6-8(5-2)12(3,10)11/h4-6H,2H2,1,3H3/b7-4+,8-6+. The minimum Gasteiger partial charge on any atom is -0.224 e. The molecule has 0 atom stereocenters. The molecule has 0 aromatic rings. The van der Waals surface area contributed by atoms with Gasteiger partial charge in [-0.3, -0.25) is 0 Å². The number of hydrogen-bond acceptors (Lipinski definition) is 2. The Morgan fingerprint density at radius 1 is 1.50 bits per heavy atom. The Morgan fingerprint density at radius 2 is 2.00 bits per heavy atom. The van der Waals surface area contributed by atoms with E-state index in [0.29, 0.717) is 0 Å². The number of sulfone groups is 1. The molecule has 0 unspecified atom stereocenters. The summed E-state index contributed by atoms with van der Waals surface area (Å²) in [5, 5.41) is 0. The Bertz CT molecular complexity index is 323. The number of halogens is 1. The van der Waals surface area contributed by atoms with Gasteiger partial charge in [-0.2, -0.15) is 0 Å². The van der Waals surface area contributed by atoms with Crippen molar-refractivity contribution in [2.24, 2.45) is 0 Å². The van der Waals surface area contributed by atoms with Crippen molar-refractivity contribution < 1.29 is 12.8 Å². The fourth-order valence-corrected chi connectivity index (χ4v) is 1.17. The summed E-state index contributed by atoms with van der Waals surface area (Å²) in [7, 11) is -3.36. The number of hydrogen-bond donors (Lipinski definition) is 0. The molecule has 0 aromatic heterocycles. The molecule has 0 bridgehead atoms. The monoisotopic (exact) mass is 190 g/mol. The Morgan fingerprint density at radius 3 is 2.25 bits per heavy atom. The van der Waals surface area contributed by atoms with Gasteiger partial charge in [-0.1, -0.05) is 18.7 Å². The Kier molecular flexibility index (Phi) is 3.89. The van der Waals surface area contributed by atoms with Crippen molar-refractivity contribution in [3.05, 3.63) is 35.5 Å². The predicted octanol–water partition coefficient (Wildman–Crippen LogP) is 1.97. The highest BCUT2D eigenvalue weighted by molar-refractivity contribution is 7.94. The molecular formula is C8H11FO2S. The molecule has 2 nitrogen and oxygen atoms in total. The predicted molar refractivity (Wildman–Crippen MR) is 48.0 cm³/mol. The van der Waals surface area contributed by atoms with Crippen LogP contribution in [0.3, 0.4) is 0 Å². The van der Waals surface area contributed by atoms with Gasteiger partial charge in [0.05, 0.1) is 4.91 Å². The summed E-state index contributed by atoms with van der Waals surface area (Å²) >= 11 is 0. The van der Waals surface area contributed by atoms with E-state index in [4.69, 9.17) is 0 Å². The maximum atomic E-state index is 12.6. The van der Waals surface area contributed by atoms with Crippen LogP contribution in [0.5, 0.6) is 0 Å². The normalized spacial score (nSPS) is 14.6. The van der Waals surface area contributed by atoms with E-state index in [9.17, 15) is 12.8 Å². The lowest BCUT2D eigenvalue weighted by molar-refractivity contribution is 0.607. The first kappa shape index (κ1) is 11.1. The molecule has 0 heterocycles. The molecule has 0 aliphatic heterocycles. The Balaban J connectivity index is 5.08. The lowest BCUT2D eigenvalue weighted by Crippen LogP contribution is -1.97. The third kappa shape index (κ3) is 3.48. The average Bonchev–Trinajstić information content (AvgIpc) is 1.97. The summed E-state index contributed by atoms with van der Waals surface area (Å²) in [6, 6.07) is 0. The fraction of sp³-hybridized carbons (Fsp3) is 0.250. The van der Waals surface area contributed by atoms with Crippen molar-refractivity contribution in [3.63, 3.8) is 0 Å². The summed E-state index contributed by atoms with van der Waals surface area (Å²) in [4.78, 5) is -0.113. The molecular weight excluding hydrogens is 179 g/mol. The van der Waals surface area contributed by atoms with Crippen molar-refractivity contribution in [1.82, 2.24) is 0 Å². The average molecular weight is 190 g/mol. The Hall–Kier alpha value is -0.900. The fourth-order valence-electron chi connectivity index (χ4n) is 0.537. The van der Waals surface area contributed by atoms with Crippen LogP contribution in [0.25, 0.3) is 0 Å². The van der Waals surface area contributed by atoms with E-state index in [1.807, 2.05) is 0 Å². The summed E-state index contributed by atoms with van der Waals surface area (Å²) in [6.45, 7) is 4.75. The molecule has 0 aliphatic rings. The van der Waals surface area contributed by atoms with Crippen LogP contribution in [0.1, 0.15) is 6.92 Å². The van der Waals surface area contributed by atoms with Gasteiger partial charge in [-0.05, 0) is 13.0 Å². The van der Waals surface area contributed by atoms with E-state index >= 15 is 0 Å². The highest BCUT2D eigenvalue weighted by Crippen LogP contribution is 2.10. The number of rotatable bonds is 3. The summed E-state index contributed by atoms with van der Waals surface area (Å²) in [5.41, 5.74) is 0. The minimum atomic E-state index is -3.36. The molecule has 0 aliphatic carbocycles. The molecule has 0 amide bonds. The molecule has 0 fully saturated rings. The van der Waals surface area contributed by atoms with Gasteiger partial charge in [0.25, 0.3) is 0 Å². The van der Waals surface area contributed by atoms with Gasteiger partial charge in [0, 0.05) is 6.26 Å². The third-order valence-electron chi connectivity index (χ3n) is 1.19. The molecule has 12 heavy (non-hydrogen) atoms. The molecule has 0 aromatic carbocycles. The lowest BCUT2D eigenvalue weighted by Gasteiger charge is -1.96. The van der Waals surface area contributed by atoms with E-state index in [0.717, 1.165) is 18.4 Å².